The van der Waals surface area contributed by atoms with Crippen LogP contribution >= 0.6 is 0 Å². The molecule has 0 aliphatic rings. The second-order valence-electron chi connectivity index (χ2n) is 3.88. The molecule has 0 saturated heterocycles. The smallest absolute Gasteiger partial charge is 0.113 e. The van der Waals surface area contributed by atoms with Crippen LogP contribution in [0, 0.1) is 11.3 Å². The van der Waals surface area contributed by atoms with Crippen molar-refractivity contribution in [2.45, 2.75) is 45.7 Å². The Balaban J connectivity index is 2.56. The van der Waals surface area contributed by atoms with E-state index in [1.54, 1.807) is 6.20 Å². The van der Waals surface area contributed by atoms with E-state index in [1.807, 2.05) is 6.20 Å². The Hall–Kier alpha value is -1.34. The van der Waals surface area contributed by atoms with Crippen LogP contribution in [-0.4, -0.2) is 22.1 Å². The van der Waals surface area contributed by atoms with Crippen LogP contribution in [0.2, 0.25) is 0 Å². The molecule has 0 aromatic carbocycles. The Morgan fingerprint density at radius 2 is 2.31 bits per heavy atom. The molecule has 16 heavy (non-hydrogen) atoms. The molecule has 0 saturated carbocycles. The molecule has 0 spiro atoms. The molecule has 4 heteroatoms. The van der Waals surface area contributed by atoms with Gasteiger partial charge in [-0.05, 0) is 19.4 Å². The van der Waals surface area contributed by atoms with Crippen molar-refractivity contribution in [3.63, 3.8) is 0 Å². The van der Waals surface area contributed by atoms with E-state index in [9.17, 15) is 0 Å². The van der Waals surface area contributed by atoms with Crippen LogP contribution in [0.5, 0.6) is 0 Å². The van der Waals surface area contributed by atoms with E-state index < -0.39 is 0 Å². The summed E-state index contributed by atoms with van der Waals surface area (Å²) >= 11 is 0. The largest absolute Gasteiger partial charge is 0.332 e. The number of imidazole rings is 1. The third kappa shape index (κ3) is 3.67. The zero-order chi connectivity index (χ0) is 11.8. The van der Waals surface area contributed by atoms with Gasteiger partial charge < -0.3 is 9.88 Å². The van der Waals surface area contributed by atoms with Gasteiger partial charge in [0.1, 0.15) is 11.9 Å². The summed E-state index contributed by atoms with van der Waals surface area (Å²) in [6, 6.07) is 2.16. The molecule has 0 fully saturated rings. The Morgan fingerprint density at radius 1 is 1.50 bits per heavy atom. The summed E-state index contributed by atoms with van der Waals surface area (Å²) in [5.41, 5.74) is 0. The molecule has 1 aromatic heterocycles. The molecule has 0 amide bonds. The van der Waals surface area contributed by atoms with Crippen LogP contribution in [-0.2, 0) is 13.0 Å². The minimum atomic E-state index is -0.121. The Labute approximate surface area is 97.3 Å². The molecule has 1 heterocycles. The van der Waals surface area contributed by atoms with Gasteiger partial charge in [-0.3, -0.25) is 0 Å². The lowest BCUT2D eigenvalue weighted by atomic mass is 10.3. The van der Waals surface area contributed by atoms with Crippen molar-refractivity contribution in [1.82, 2.24) is 14.9 Å². The first-order chi connectivity index (χ1) is 7.81. The van der Waals surface area contributed by atoms with Crippen LogP contribution < -0.4 is 5.32 Å². The van der Waals surface area contributed by atoms with Crippen LogP contribution in [0.4, 0.5) is 0 Å². The highest BCUT2D eigenvalue weighted by atomic mass is 15.1. The average molecular weight is 220 g/mol. The van der Waals surface area contributed by atoms with Gasteiger partial charge in [0, 0.05) is 18.8 Å². The molecule has 88 valence electrons. The predicted octanol–water partition coefficient (Wildman–Crippen LogP) is 1.73. The fourth-order valence-corrected chi connectivity index (χ4v) is 1.62. The molecule has 1 atom stereocenters. The number of aryl methyl sites for hydroxylation is 1. The van der Waals surface area contributed by atoms with Crippen LogP contribution in [0.25, 0.3) is 0 Å². The summed E-state index contributed by atoms with van der Waals surface area (Å²) < 4.78 is 2.07. The lowest BCUT2D eigenvalue weighted by molar-refractivity contribution is 0.508. The number of hydrogen-bond acceptors (Lipinski definition) is 3. The maximum Gasteiger partial charge on any atom is 0.113 e. The van der Waals surface area contributed by atoms with E-state index in [-0.39, 0.29) is 6.04 Å². The molecule has 0 aliphatic carbocycles. The van der Waals surface area contributed by atoms with E-state index in [1.165, 1.54) is 0 Å². The van der Waals surface area contributed by atoms with Crippen LogP contribution in [0.1, 0.15) is 32.5 Å². The first kappa shape index (κ1) is 12.7. The van der Waals surface area contributed by atoms with Crippen molar-refractivity contribution in [3.8, 4) is 6.07 Å². The van der Waals surface area contributed by atoms with Crippen molar-refractivity contribution in [2.24, 2.45) is 0 Å². The summed E-state index contributed by atoms with van der Waals surface area (Å²) in [5, 5.41) is 12.2. The summed E-state index contributed by atoms with van der Waals surface area (Å²) in [6.07, 6.45) is 6.85. The van der Waals surface area contributed by atoms with Gasteiger partial charge in [0.25, 0.3) is 0 Å². The Kier molecular flexibility index (Phi) is 5.58. The number of nitrogens with one attached hydrogen (secondary N) is 1. The summed E-state index contributed by atoms with van der Waals surface area (Å²) in [6.45, 7) is 5.80. The fraction of sp³-hybridized carbons (Fsp3) is 0.667. The van der Waals surface area contributed by atoms with Gasteiger partial charge in [0.05, 0.1) is 12.6 Å². The topological polar surface area (TPSA) is 53.6 Å². The van der Waals surface area contributed by atoms with E-state index in [2.05, 4.69) is 34.8 Å². The summed E-state index contributed by atoms with van der Waals surface area (Å²) in [7, 11) is 0. The standard InChI is InChI=1S/C12H20N4/c1-3-5-12-15-7-8-16(12)10-11(9-13)14-6-4-2/h7-8,11,14H,3-6,10H2,1-2H3. The third-order valence-corrected chi connectivity index (χ3v) is 2.45. The van der Waals surface area contributed by atoms with Gasteiger partial charge in [-0.25, -0.2) is 4.98 Å². The van der Waals surface area contributed by atoms with Crippen molar-refractivity contribution in [2.75, 3.05) is 6.54 Å². The molecule has 4 nitrogen and oxygen atoms in total. The first-order valence-corrected chi connectivity index (χ1v) is 5.94. The number of nitriles is 1. The van der Waals surface area contributed by atoms with E-state index in [0.717, 1.165) is 31.6 Å². The van der Waals surface area contributed by atoms with E-state index in [0.29, 0.717) is 6.54 Å². The van der Waals surface area contributed by atoms with E-state index >= 15 is 0 Å². The van der Waals surface area contributed by atoms with Crippen molar-refractivity contribution in [3.05, 3.63) is 18.2 Å². The number of hydrogen-bond donors (Lipinski definition) is 1. The molecule has 0 radical (unpaired) electrons. The normalized spacial score (nSPS) is 12.3. The molecular formula is C12H20N4. The lowest BCUT2D eigenvalue weighted by Gasteiger charge is -2.13. The number of rotatable bonds is 7. The highest BCUT2D eigenvalue weighted by molar-refractivity contribution is 4.97. The molecular weight excluding hydrogens is 200 g/mol. The minimum Gasteiger partial charge on any atom is -0.332 e. The van der Waals surface area contributed by atoms with Gasteiger partial charge >= 0.3 is 0 Å². The number of aromatic nitrogens is 2. The fourth-order valence-electron chi connectivity index (χ4n) is 1.62. The monoisotopic (exact) mass is 220 g/mol. The van der Waals surface area contributed by atoms with Gasteiger partial charge in [0.2, 0.25) is 0 Å². The second kappa shape index (κ2) is 7.02. The lowest BCUT2D eigenvalue weighted by Crippen LogP contribution is -2.32. The zero-order valence-electron chi connectivity index (χ0n) is 10.1. The summed E-state index contributed by atoms with van der Waals surface area (Å²) in [4.78, 5) is 4.30. The van der Waals surface area contributed by atoms with Crippen molar-refractivity contribution >= 4 is 0 Å². The van der Waals surface area contributed by atoms with Gasteiger partial charge in [-0.2, -0.15) is 5.26 Å². The predicted molar refractivity (Wildman–Crippen MR) is 63.9 cm³/mol. The maximum absolute atomic E-state index is 9.03. The maximum atomic E-state index is 9.03. The zero-order valence-corrected chi connectivity index (χ0v) is 10.1. The molecule has 1 N–H and O–H groups in total. The molecule has 1 unspecified atom stereocenters. The van der Waals surface area contributed by atoms with E-state index in [4.69, 9.17) is 5.26 Å². The van der Waals surface area contributed by atoms with Crippen molar-refractivity contribution < 1.29 is 0 Å². The SMILES string of the molecule is CCCNC(C#N)Cn1ccnc1CCC. The van der Waals surface area contributed by atoms with Crippen LogP contribution in [0.15, 0.2) is 12.4 Å². The van der Waals surface area contributed by atoms with Gasteiger partial charge in [-0.1, -0.05) is 13.8 Å². The third-order valence-electron chi connectivity index (χ3n) is 2.45. The minimum absolute atomic E-state index is 0.121. The Bertz CT molecular complexity index is 337. The van der Waals surface area contributed by atoms with Crippen molar-refractivity contribution in [1.29, 1.82) is 5.26 Å². The highest BCUT2D eigenvalue weighted by Gasteiger charge is 2.09. The summed E-state index contributed by atoms with van der Waals surface area (Å²) in [5.74, 6) is 1.07. The quantitative estimate of drug-likeness (QED) is 0.761. The van der Waals surface area contributed by atoms with Gasteiger partial charge in [0.15, 0.2) is 0 Å². The van der Waals surface area contributed by atoms with Gasteiger partial charge in [-0.15, -0.1) is 0 Å². The molecule has 1 aromatic rings. The first-order valence-electron chi connectivity index (χ1n) is 5.94. The average Bonchev–Trinajstić information content (AvgIpc) is 2.72. The molecule has 1 rings (SSSR count). The molecule has 0 aliphatic heterocycles. The Morgan fingerprint density at radius 3 is 2.94 bits per heavy atom. The number of nitrogens with zero attached hydrogens (tertiary/aromatic N) is 3. The van der Waals surface area contributed by atoms with Crippen LogP contribution in [0.3, 0.4) is 0 Å². The second-order valence-corrected chi connectivity index (χ2v) is 3.88. The highest BCUT2D eigenvalue weighted by Crippen LogP contribution is 2.02. The molecule has 0 bridgehead atoms.